The summed E-state index contributed by atoms with van der Waals surface area (Å²) in [5.74, 6) is 0.934. The summed E-state index contributed by atoms with van der Waals surface area (Å²) in [5.41, 5.74) is 2.09. The van der Waals surface area contributed by atoms with Crippen LogP contribution >= 0.6 is 15.9 Å². The summed E-state index contributed by atoms with van der Waals surface area (Å²) in [6, 6.07) is 11.7. The van der Waals surface area contributed by atoms with Gasteiger partial charge in [0.2, 0.25) is 23.6 Å². The van der Waals surface area contributed by atoms with Gasteiger partial charge in [-0.3, -0.25) is 29.4 Å². The molecule has 4 heterocycles. The number of likely N-dealkylation sites (tertiary alicyclic amines) is 3. The van der Waals surface area contributed by atoms with Crippen molar-refractivity contribution in [1.29, 1.82) is 0 Å². The molecule has 0 radical (unpaired) electrons. The van der Waals surface area contributed by atoms with Crippen LogP contribution in [-0.2, 0) is 40.5 Å². The van der Waals surface area contributed by atoms with Gasteiger partial charge in [0.15, 0.2) is 0 Å². The number of ether oxygens (including phenoxy) is 4. The Labute approximate surface area is 356 Å². The fourth-order valence-electron chi connectivity index (χ4n) is 7.43. The van der Waals surface area contributed by atoms with Crippen LogP contribution < -0.4 is 14.8 Å². The van der Waals surface area contributed by atoms with E-state index >= 15 is 0 Å². The SMILES string of the molecule is CC(C)(C)OC(=O)N1CCC2(CC1)CC(=O)NC2=O.COc1ccc(C)c(CBr)c1.COc1ccc(C)c(CN2C(=O)CC3(CCN(C(=O)OC(C)(C)C)CC3)C2=O)c1. The van der Waals surface area contributed by atoms with Gasteiger partial charge in [0, 0.05) is 44.4 Å². The fourth-order valence-corrected chi connectivity index (χ4v) is 8.03. The fraction of sp³-hybridized carbons (Fsp3) is 0.591. The number of nitrogens with one attached hydrogen (secondary N) is 1. The molecule has 2 spiro atoms. The minimum absolute atomic E-state index is 0.131. The second-order valence-electron chi connectivity index (χ2n) is 17.7. The first kappa shape index (κ1) is 47.0. The molecular weight excluding hydrogens is 824 g/mol. The number of carbonyl (C=O) groups excluding carboxylic acids is 6. The van der Waals surface area contributed by atoms with Crippen molar-refractivity contribution in [2.75, 3.05) is 40.4 Å². The molecule has 4 aliphatic rings. The molecule has 4 saturated heterocycles. The molecule has 0 aliphatic carbocycles. The molecule has 4 fully saturated rings. The molecule has 6 rings (SSSR count). The van der Waals surface area contributed by atoms with E-state index in [1.807, 2.05) is 78.8 Å². The van der Waals surface area contributed by atoms with Crippen LogP contribution in [0.5, 0.6) is 11.5 Å². The smallest absolute Gasteiger partial charge is 0.410 e. The number of hydrogen-bond acceptors (Lipinski definition) is 10. The van der Waals surface area contributed by atoms with E-state index in [1.165, 1.54) is 16.0 Å². The maximum absolute atomic E-state index is 13.2. The molecule has 324 valence electrons. The van der Waals surface area contributed by atoms with Gasteiger partial charge in [-0.2, -0.15) is 0 Å². The highest BCUT2D eigenvalue weighted by Crippen LogP contribution is 2.43. The number of rotatable bonds is 5. The topological polar surface area (TPSA) is 161 Å². The van der Waals surface area contributed by atoms with Crippen LogP contribution in [0, 0.1) is 24.7 Å². The third-order valence-corrected chi connectivity index (χ3v) is 11.7. The molecule has 15 heteroatoms. The summed E-state index contributed by atoms with van der Waals surface area (Å²) in [6.07, 6.45) is 1.72. The van der Waals surface area contributed by atoms with Gasteiger partial charge < -0.3 is 28.7 Å². The van der Waals surface area contributed by atoms with Crippen LogP contribution in [0.2, 0.25) is 0 Å². The minimum atomic E-state index is -0.706. The lowest BCUT2D eigenvalue weighted by molar-refractivity contribution is -0.143. The maximum Gasteiger partial charge on any atom is 0.410 e. The maximum atomic E-state index is 13.2. The Bertz CT molecular complexity index is 1890. The zero-order valence-electron chi connectivity index (χ0n) is 36.3. The van der Waals surface area contributed by atoms with Crippen molar-refractivity contribution in [3.8, 4) is 11.5 Å². The molecular formula is C44H61BrN4O10. The molecule has 6 amide bonds. The predicted molar refractivity (Wildman–Crippen MR) is 225 cm³/mol. The number of imide groups is 2. The van der Waals surface area contributed by atoms with Crippen molar-refractivity contribution in [3.63, 3.8) is 0 Å². The molecule has 0 unspecified atom stereocenters. The Balaban J connectivity index is 0.000000219. The molecule has 4 aliphatic heterocycles. The Morgan fingerprint density at radius 3 is 1.54 bits per heavy atom. The highest BCUT2D eigenvalue weighted by atomic mass is 79.9. The summed E-state index contributed by atoms with van der Waals surface area (Å²) in [7, 11) is 3.27. The van der Waals surface area contributed by atoms with Gasteiger partial charge in [0.1, 0.15) is 22.7 Å². The van der Waals surface area contributed by atoms with E-state index in [0.717, 1.165) is 22.2 Å². The van der Waals surface area contributed by atoms with Gasteiger partial charge in [-0.25, -0.2) is 9.59 Å². The van der Waals surface area contributed by atoms with Crippen molar-refractivity contribution >= 4 is 51.7 Å². The zero-order chi connectivity index (χ0) is 43.9. The summed E-state index contributed by atoms with van der Waals surface area (Å²) < 4.78 is 21.1. The summed E-state index contributed by atoms with van der Waals surface area (Å²) in [5, 5.41) is 3.23. The van der Waals surface area contributed by atoms with E-state index in [9.17, 15) is 28.8 Å². The first-order valence-electron chi connectivity index (χ1n) is 20.0. The first-order valence-corrected chi connectivity index (χ1v) is 21.1. The molecule has 0 atom stereocenters. The molecule has 2 aromatic rings. The van der Waals surface area contributed by atoms with Crippen LogP contribution in [0.4, 0.5) is 9.59 Å². The van der Waals surface area contributed by atoms with E-state index < -0.39 is 22.0 Å². The van der Waals surface area contributed by atoms with Crippen molar-refractivity contribution in [1.82, 2.24) is 20.0 Å². The van der Waals surface area contributed by atoms with Gasteiger partial charge in [-0.05, 0) is 128 Å². The summed E-state index contributed by atoms with van der Waals surface area (Å²) >= 11 is 3.42. The van der Waals surface area contributed by atoms with E-state index in [-0.39, 0.29) is 55.2 Å². The van der Waals surface area contributed by atoms with Crippen LogP contribution in [0.25, 0.3) is 0 Å². The molecule has 0 saturated carbocycles. The Kier molecular flexibility index (Phi) is 15.3. The molecule has 0 bridgehead atoms. The number of halogens is 1. The monoisotopic (exact) mass is 884 g/mol. The van der Waals surface area contributed by atoms with Crippen LogP contribution in [0.1, 0.15) is 102 Å². The van der Waals surface area contributed by atoms with Gasteiger partial charge in [-0.1, -0.05) is 28.1 Å². The Morgan fingerprint density at radius 2 is 1.14 bits per heavy atom. The lowest BCUT2D eigenvalue weighted by atomic mass is 9.77. The standard InChI is InChI=1S/C22H30N2O5.C13H20N2O4.C9H11BrO/c1-15-6-7-17(28-5)12-16(15)14-24-18(25)13-22(19(24)26)8-10-23(11-9-22)20(27)29-21(2,3)4;1-12(2,3)19-11(18)15-6-4-13(5-7-15)8-9(16)14-10(13)17;1-7-3-4-9(11-2)5-8(7)6-10/h6-7,12H,8-11,13-14H2,1-5H3;4-8H2,1-3H3,(H,14,16,17);3-5H,6H2,1-2H3. The number of aryl methyl sites for hydroxylation is 2. The van der Waals surface area contributed by atoms with Crippen LogP contribution in [0.3, 0.4) is 0 Å². The number of amides is 6. The summed E-state index contributed by atoms with van der Waals surface area (Å²) in [4.78, 5) is 77.8. The molecule has 59 heavy (non-hydrogen) atoms. The third kappa shape index (κ3) is 12.2. The predicted octanol–water partition coefficient (Wildman–Crippen LogP) is 7.23. The zero-order valence-corrected chi connectivity index (χ0v) is 37.8. The third-order valence-electron chi connectivity index (χ3n) is 11.1. The second-order valence-corrected chi connectivity index (χ2v) is 18.3. The van der Waals surface area contributed by atoms with Crippen molar-refractivity contribution < 1.29 is 47.7 Å². The molecule has 2 aromatic carbocycles. The molecule has 1 N–H and O–H groups in total. The number of hydrogen-bond donors (Lipinski definition) is 1. The average Bonchev–Trinajstić information content (AvgIpc) is 3.56. The quantitative estimate of drug-likeness (QED) is 0.240. The van der Waals surface area contributed by atoms with E-state index in [2.05, 4.69) is 34.2 Å². The van der Waals surface area contributed by atoms with Gasteiger partial charge >= 0.3 is 12.2 Å². The largest absolute Gasteiger partial charge is 0.497 e. The lowest BCUT2D eigenvalue weighted by Crippen LogP contribution is -2.47. The molecule has 0 aromatic heterocycles. The number of nitrogens with zero attached hydrogens (tertiary/aromatic N) is 3. The molecule has 14 nitrogen and oxygen atoms in total. The van der Waals surface area contributed by atoms with Crippen LogP contribution in [-0.4, -0.2) is 102 Å². The number of benzene rings is 2. The van der Waals surface area contributed by atoms with Gasteiger partial charge in [-0.15, -0.1) is 0 Å². The van der Waals surface area contributed by atoms with Crippen molar-refractivity contribution in [3.05, 3.63) is 58.7 Å². The van der Waals surface area contributed by atoms with E-state index in [1.54, 1.807) is 24.0 Å². The van der Waals surface area contributed by atoms with Gasteiger partial charge in [0.25, 0.3) is 0 Å². The number of piperidine rings is 2. The Hall–Kier alpha value is -4.66. The summed E-state index contributed by atoms with van der Waals surface area (Å²) in [6.45, 7) is 17.0. The Morgan fingerprint density at radius 1 is 0.695 bits per heavy atom. The first-order chi connectivity index (χ1) is 27.5. The number of alkyl halides is 1. The number of carbonyl (C=O) groups is 6. The lowest BCUT2D eigenvalue weighted by Gasteiger charge is -2.37. The van der Waals surface area contributed by atoms with Crippen molar-refractivity contribution in [2.24, 2.45) is 10.8 Å². The van der Waals surface area contributed by atoms with E-state index in [0.29, 0.717) is 57.6 Å². The highest BCUT2D eigenvalue weighted by molar-refractivity contribution is 9.08. The minimum Gasteiger partial charge on any atom is -0.497 e. The average molecular weight is 886 g/mol. The second kappa shape index (κ2) is 19.2. The van der Waals surface area contributed by atoms with Crippen LogP contribution in [0.15, 0.2) is 36.4 Å². The highest BCUT2D eigenvalue weighted by Gasteiger charge is 2.53. The van der Waals surface area contributed by atoms with Gasteiger partial charge in [0.05, 0.1) is 31.6 Å². The van der Waals surface area contributed by atoms with E-state index in [4.69, 9.17) is 18.9 Å². The normalized spacial score (nSPS) is 18.5. The number of methoxy groups -OCH3 is 2. The van der Waals surface area contributed by atoms with Crippen molar-refractivity contribution in [2.45, 2.75) is 117 Å².